The van der Waals surface area contributed by atoms with Crippen molar-refractivity contribution < 1.29 is 0 Å². The minimum Gasteiger partial charge on any atom is -0.0619 e. The smallest absolute Gasteiger partial charge is 0.0227 e. The third-order valence-electron chi connectivity index (χ3n) is 12.6. The SMILES string of the molecule is Cc1ccc2c(-c3cccc4c3-c3ccccc3C4(C)Cc3cc(-c4ccc5c(c4)-c4ccccc4C5(C)C)c4ccccc4c3C)cccc2c1. The van der Waals surface area contributed by atoms with Crippen molar-refractivity contribution in [2.75, 3.05) is 0 Å². The summed E-state index contributed by atoms with van der Waals surface area (Å²) in [5.74, 6) is 0. The zero-order valence-corrected chi connectivity index (χ0v) is 30.6. The summed E-state index contributed by atoms with van der Waals surface area (Å²) in [6, 6.07) is 57.5. The van der Waals surface area contributed by atoms with E-state index in [1.54, 1.807) is 0 Å². The quantitative estimate of drug-likeness (QED) is 0.175. The van der Waals surface area contributed by atoms with Crippen LogP contribution in [0.25, 0.3) is 66.1 Å². The largest absolute Gasteiger partial charge is 0.0619 e. The van der Waals surface area contributed by atoms with Crippen molar-refractivity contribution in [2.24, 2.45) is 0 Å². The molecular formula is C52H42. The molecule has 0 aromatic heterocycles. The van der Waals surface area contributed by atoms with E-state index in [9.17, 15) is 0 Å². The van der Waals surface area contributed by atoms with E-state index in [1.165, 1.54) is 105 Å². The molecule has 0 nitrogen and oxygen atoms in total. The van der Waals surface area contributed by atoms with E-state index in [2.05, 4.69) is 186 Å². The van der Waals surface area contributed by atoms with Gasteiger partial charge in [0.25, 0.3) is 0 Å². The van der Waals surface area contributed by atoms with Crippen molar-refractivity contribution in [2.45, 2.75) is 51.9 Å². The van der Waals surface area contributed by atoms with E-state index >= 15 is 0 Å². The van der Waals surface area contributed by atoms with Crippen molar-refractivity contribution >= 4 is 21.5 Å². The van der Waals surface area contributed by atoms with Crippen LogP contribution in [0.15, 0.2) is 152 Å². The van der Waals surface area contributed by atoms with Gasteiger partial charge in [-0.2, -0.15) is 0 Å². The fraction of sp³-hybridized carbons (Fsp3) is 0.154. The minimum atomic E-state index is -0.200. The average molecular weight is 667 g/mol. The van der Waals surface area contributed by atoms with Gasteiger partial charge in [-0.15, -0.1) is 0 Å². The molecule has 8 aromatic carbocycles. The molecule has 0 amide bonds. The summed E-state index contributed by atoms with van der Waals surface area (Å²) in [6.07, 6.45) is 0.916. The molecule has 1 unspecified atom stereocenters. The number of hydrogen-bond donors (Lipinski definition) is 0. The van der Waals surface area contributed by atoms with Crippen LogP contribution in [-0.4, -0.2) is 0 Å². The molecule has 10 rings (SSSR count). The molecule has 0 spiro atoms. The van der Waals surface area contributed by atoms with Gasteiger partial charge in [0, 0.05) is 10.8 Å². The highest BCUT2D eigenvalue weighted by Gasteiger charge is 2.41. The predicted octanol–water partition coefficient (Wildman–Crippen LogP) is 13.8. The van der Waals surface area contributed by atoms with Crippen LogP contribution in [0.5, 0.6) is 0 Å². The molecule has 0 aliphatic heterocycles. The highest BCUT2D eigenvalue weighted by molar-refractivity contribution is 6.04. The first-order valence-electron chi connectivity index (χ1n) is 18.7. The van der Waals surface area contributed by atoms with Crippen LogP contribution in [0.3, 0.4) is 0 Å². The molecule has 2 aliphatic rings. The molecule has 52 heavy (non-hydrogen) atoms. The summed E-state index contributed by atoms with van der Waals surface area (Å²) in [6.45, 7) is 11.7. The maximum Gasteiger partial charge on any atom is 0.0227 e. The molecule has 0 heterocycles. The van der Waals surface area contributed by atoms with Crippen LogP contribution in [0, 0.1) is 13.8 Å². The number of rotatable bonds is 4. The average Bonchev–Trinajstić information content (AvgIpc) is 3.56. The van der Waals surface area contributed by atoms with Crippen LogP contribution in [0.1, 0.15) is 59.7 Å². The zero-order chi connectivity index (χ0) is 35.4. The first kappa shape index (κ1) is 31.1. The lowest BCUT2D eigenvalue weighted by Crippen LogP contribution is -2.24. The molecule has 0 bridgehead atoms. The number of hydrogen-bond acceptors (Lipinski definition) is 0. The lowest BCUT2D eigenvalue weighted by molar-refractivity contribution is 0.582. The van der Waals surface area contributed by atoms with E-state index < -0.39 is 0 Å². The van der Waals surface area contributed by atoms with E-state index in [1.807, 2.05) is 0 Å². The molecule has 0 saturated carbocycles. The molecule has 0 fully saturated rings. The Hall–Kier alpha value is -5.72. The standard InChI is InChI=1S/C52H42/c1-32-24-26-38-34(28-32)14-12-19-40(38)42-20-13-23-49-50(42)43-18-9-11-22-48(43)52(49,5)31-36-30-44(39-16-7-6-15-37(39)33(36)2)35-25-27-47-45(29-35)41-17-8-10-21-46(41)51(47,3)4/h6-30H,31H2,1-5H3. The van der Waals surface area contributed by atoms with Crippen LogP contribution in [-0.2, 0) is 17.3 Å². The maximum atomic E-state index is 2.52. The van der Waals surface area contributed by atoms with Crippen LogP contribution >= 0.6 is 0 Å². The molecule has 2 aliphatic carbocycles. The van der Waals surface area contributed by atoms with Gasteiger partial charge in [0.15, 0.2) is 0 Å². The molecule has 8 aromatic rings. The molecule has 0 N–H and O–H groups in total. The van der Waals surface area contributed by atoms with Gasteiger partial charge in [-0.05, 0) is 126 Å². The summed E-state index contributed by atoms with van der Waals surface area (Å²) in [7, 11) is 0. The Morgan fingerprint density at radius 2 is 1.08 bits per heavy atom. The minimum absolute atomic E-state index is 0.00730. The highest BCUT2D eigenvalue weighted by atomic mass is 14.4. The van der Waals surface area contributed by atoms with Gasteiger partial charge >= 0.3 is 0 Å². The van der Waals surface area contributed by atoms with Gasteiger partial charge in [0.2, 0.25) is 0 Å². The van der Waals surface area contributed by atoms with Crippen molar-refractivity contribution in [1.29, 1.82) is 0 Å². The summed E-state index contributed by atoms with van der Waals surface area (Å²) in [5, 5.41) is 5.26. The maximum absolute atomic E-state index is 2.52. The number of fused-ring (bicyclic) bond motifs is 8. The Bertz CT molecular complexity index is 2770. The van der Waals surface area contributed by atoms with Crippen LogP contribution in [0.4, 0.5) is 0 Å². The highest BCUT2D eigenvalue weighted by Crippen LogP contribution is 2.55. The second kappa shape index (κ2) is 11.1. The second-order valence-corrected chi connectivity index (χ2v) is 16.0. The number of benzene rings is 8. The van der Waals surface area contributed by atoms with Gasteiger partial charge in [-0.1, -0.05) is 172 Å². The van der Waals surface area contributed by atoms with Gasteiger partial charge in [0.1, 0.15) is 0 Å². The Kier molecular flexibility index (Phi) is 6.65. The van der Waals surface area contributed by atoms with E-state index in [0.29, 0.717) is 0 Å². The van der Waals surface area contributed by atoms with E-state index in [0.717, 1.165) is 6.42 Å². The molecular weight excluding hydrogens is 625 g/mol. The van der Waals surface area contributed by atoms with Crippen molar-refractivity contribution in [3.63, 3.8) is 0 Å². The van der Waals surface area contributed by atoms with Gasteiger partial charge < -0.3 is 0 Å². The molecule has 0 heteroatoms. The summed E-state index contributed by atoms with van der Waals surface area (Å²) >= 11 is 0. The molecule has 1 atom stereocenters. The summed E-state index contributed by atoms with van der Waals surface area (Å²) in [4.78, 5) is 0. The summed E-state index contributed by atoms with van der Waals surface area (Å²) < 4.78 is 0. The third kappa shape index (κ3) is 4.34. The van der Waals surface area contributed by atoms with E-state index in [4.69, 9.17) is 0 Å². The summed E-state index contributed by atoms with van der Waals surface area (Å²) in [5.41, 5.74) is 20.2. The van der Waals surface area contributed by atoms with Gasteiger partial charge in [-0.3, -0.25) is 0 Å². The third-order valence-corrected chi connectivity index (χ3v) is 12.6. The molecule has 0 saturated heterocycles. The first-order chi connectivity index (χ1) is 25.2. The van der Waals surface area contributed by atoms with Crippen LogP contribution in [0.2, 0.25) is 0 Å². The Morgan fingerprint density at radius 1 is 0.423 bits per heavy atom. The number of aryl methyl sites for hydroxylation is 2. The second-order valence-electron chi connectivity index (χ2n) is 16.0. The van der Waals surface area contributed by atoms with Gasteiger partial charge in [-0.25, -0.2) is 0 Å². The van der Waals surface area contributed by atoms with Crippen molar-refractivity contribution in [1.82, 2.24) is 0 Å². The van der Waals surface area contributed by atoms with E-state index in [-0.39, 0.29) is 10.8 Å². The first-order valence-corrected chi connectivity index (χ1v) is 18.7. The normalized spacial score (nSPS) is 16.5. The fourth-order valence-corrected chi connectivity index (χ4v) is 9.95. The fourth-order valence-electron chi connectivity index (χ4n) is 9.95. The lowest BCUT2D eigenvalue weighted by Gasteiger charge is -2.29. The Morgan fingerprint density at radius 3 is 1.92 bits per heavy atom. The Labute approximate surface area is 307 Å². The topological polar surface area (TPSA) is 0 Å². The Balaban J connectivity index is 1.16. The van der Waals surface area contributed by atoms with Crippen LogP contribution < -0.4 is 0 Å². The molecule has 0 radical (unpaired) electrons. The predicted molar refractivity (Wildman–Crippen MR) is 221 cm³/mol. The molecule has 250 valence electrons. The van der Waals surface area contributed by atoms with Crippen molar-refractivity contribution in [3.05, 3.63) is 191 Å². The van der Waals surface area contributed by atoms with Gasteiger partial charge in [0.05, 0.1) is 0 Å². The van der Waals surface area contributed by atoms with Crippen molar-refractivity contribution in [3.8, 4) is 44.5 Å². The lowest BCUT2D eigenvalue weighted by atomic mass is 9.73. The zero-order valence-electron chi connectivity index (χ0n) is 30.6. The monoisotopic (exact) mass is 666 g/mol.